The topological polar surface area (TPSA) is 110 Å². The molecule has 5 aliphatic rings. The van der Waals surface area contributed by atoms with Gasteiger partial charge in [0.15, 0.2) is 12.1 Å². The van der Waals surface area contributed by atoms with Gasteiger partial charge in [0.2, 0.25) is 5.91 Å². The van der Waals surface area contributed by atoms with Gasteiger partial charge in [0, 0.05) is 38.0 Å². The molecule has 0 bridgehead atoms. The van der Waals surface area contributed by atoms with E-state index in [9.17, 15) is 14.9 Å². The number of aryl methyl sites for hydroxylation is 1. The number of fused-ring (bicyclic) bond motifs is 2. The van der Waals surface area contributed by atoms with Gasteiger partial charge in [-0.1, -0.05) is 30.3 Å². The Morgan fingerprint density at radius 2 is 2.10 bits per heavy atom. The van der Waals surface area contributed by atoms with Gasteiger partial charge < -0.3 is 19.3 Å². The molecule has 6 rings (SSSR count). The number of likely N-dealkylation sites (N-methyl/N-ethyl adjacent to an activating group) is 1. The van der Waals surface area contributed by atoms with E-state index in [0.29, 0.717) is 51.7 Å². The summed E-state index contributed by atoms with van der Waals surface area (Å²) in [5.74, 6) is -0.0326. The lowest BCUT2D eigenvalue weighted by molar-refractivity contribution is -0.173. The number of benzene rings is 1. The molecule has 1 saturated carbocycles. The van der Waals surface area contributed by atoms with Crippen molar-refractivity contribution in [3.63, 3.8) is 0 Å². The number of carbonyl (C=O) groups is 2. The van der Waals surface area contributed by atoms with E-state index >= 15 is 0 Å². The molecule has 0 radical (unpaired) electrons. The molecule has 10 heteroatoms. The zero-order valence-corrected chi connectivity index (χ0v) is 24.9. The second-order valence-corrected chi connectivity index (χ2v) is 12.8. The third-order valence-electron chi connectivity index (χ3n) is 10.3. The first-order chi connectivity index (χ1) is 20.3. The van der Waals surface area contributed by atoms with Crippen molar-refractivity contribution in [1.82, 2.24) is 25.3 Å². The van der Waals surface area contributed by atoms with E-state index in [2.05, 4.69) is 65.3 Å². The zero-order valence-electron chi connectivity index (χ0n) is 24.9. The second-order valence-electron chi connectivity index (χ2n) is 12.8. The fourth-order valence-corrected chi connectivity index (χ4v) is 7.84. The zero-order chi connectivity index (χ0) is 29.4. The SMILES string of the molecule is C=CC(=O)N1CCN(C2NC(OCC3CCCN3C)NC3C(=O)[C@@]4(CCC32)Cc2cc(C)ccc2CO4)CC1CC#N. The van der Waals surface area contributed by atoms with Crippen molar-refractivity contribution in [1.29, 1.82) is 5.26 Å². The number of nitrogens with zero attached hydrogens (tertiary/aromatic N) is 4. The number of Topliss-reactive ketones (excluding diaryl/α,β-unsaturated/α-hetero) is 1. The van der Waals surface area contributed by atoms with Crippen LogP contribution in [0, 0.1) is 24.2 Å². The minimum Gasteiger partial charge on any atom is -0.362 e. The number of nitriles is 1. The van der Waals surface area contributed by atoms with Crippen LogP contribution in [-0.4, -0.2) is 102 Å². The molecule has 4 fully saturated rings. The molecule has 3 saturated heterocycles. The molecule has 1 aromatic carbocycles. The van der Waals surface area contributed by atoms with Crippen molar-refractivity contribution in [2.24, 2.45) is 5.92 Å². The van der Waals surface area contributed by atoms with Crippen LogP contribution in [0.1, 0.15) is 48.8 Å². The van der Waals surface area contributed by atoms with Crippen molar-refractivity contribution in [3.05, 3.63) is 47.5 Å². The third kappa shape index (κ3) is 5.54. The van der Waals surface area contributed by atoms with Crippen LogP contribution in [0.4, 0.5) is 0 Å². The normalized spacial score (nSPS) is 35.5. The highest BCUT2D eigenvalue weighted by Gasteiger charge is 2.56. The maximum Gasteiger partial charge on any atom is 0.246 e. The molecule has 10 nitrogen and oxygen atoms in total. The van der Waals surface area contributed by atoms with E-state index in [4.69, 9.17) is 9.47 Å². The largest absolute Gasteiger partial charge is 0.362 e. The first-order valence-corrected chi connectivity index (χ1v) is 15.5. The van der Waals surface area contributed by atoms with Gasteiger partial charge in [-0.15, -0.1) is 0 Å². The van der Waals surface area contributed by atoms with Gasteiger partial charge in [-0.05, 0) is 63.4 Å². The summed E-state index contributed by atoms with van der Waals surface area (Å²) in [6, 6.07) is 8.37. The number of amides is 1. The molecular formula is C32H44N6O4. The quantitative estimate of drug-likeness (QED) is 0.489. The molecule has 1 aliphatic carbocycles. The van der Waals surface area contributed by atoms with Gasteiger partial charge in [-0.2, -0.15) is 5.26 Å². The smallest absolute Gasteiger partial charge is 0.246 e. The number of ketones is 1. The van der Waals surface area contributed by atoms with Crippen LogP contribution in [0.3, 0.4) is 0 Å². The predicted octanol–water partition coefficient (Wildman–Crippen LogP) is 1.68. The number of hydrogen-bond acceptors (Lipinski definition) is 9. The highest BCUT2D eigenvalue weighted by molar-refractivity contribution is 5.94. The molecular weight excluding hydrogens is 532 g/mol. The van der Waals surface area contributed by atoms with Crippen molar-refractivity contribution in [3.8, 4) is 6.07 Å². The third-order valence-corrected chi connectivity index (χ3v) is 10.3. The number of likely N-dealkylation sites (tertiary alicyclic amines) is 1. The fourth-order valence-electron chi connectivity index (χ4n) is 7.84. The molecule has 4 heterocycles. The van der Waals surface area contributed by atoms with Crippen molar-refractivity contribution in [2.45, 2.75) is 88.3 Å². The molecule has 1 amide bonds. The van der Waals surface area contributed by atoms with Crippen LogP contribution < -0.4 is 10.6 Å². The highest BCUT2D eigenvalue weighted by atomic mass is 16.5. The number of nitrogens with one attached hydrogen (secondary N) is 2. The van der Waals surface area contributed by atoms with E-state index in [1.165, 1.54) is 17.2 Å². The Morgan fingerprint density at radius 3 is 2.86 bits per heavy atom. The standard InChI is InChI=1S/C32H44N6O4/c1-4-27(39)38-15-14-37(18-24(38)10-12-33)30-26-9-11-32(17-23-16-21(2)7-8-22(23)19-42-32)29(40)28(26)34-31(35-30)41-20-25-6-5-13-36(25)3/h4,7-8,16,24-26,28,30-31,34-35H,1,5-6,9-11,13-15,17-20H2,2-3H3/t24?,25?,26?,28?,30?,31?,32-/m1/s1. The summed E-state index contributed by atoms with van der Waals surface area (Å²) in [5, 5.41) is 16.8. The van der Waals surface area contributed by atoms with E-state index in [1.807, 2.05) is 0 Å². The van der Waals surface area contributed by atoms with Crippen LogP contribution in [-0.2, 0) is 32.1 Å². The van der Waals surface area contributed by atoms with Gasteiger partial charge in [0.25, 0.3) is 0 Å². The Kier molecular flexibility index (Phi) is 8.51. The van der Waals surface area contributed by atoms with E-state index in [0.717, 1.165) is 31.4 Å². The van der Waals surface area contributed by atoms with Gasteiger partial charge in [0.1, 0.15) is 5.60 Å². The molecule has 1 aromatic rings. The number of carbonyl (C=O) groups excluding carboxylic acids is 2. The van der Waals surface area contributed by atoms with Crippen LogP contribution in [0.2, 0.25) is 0 Å². The Bertz CT molecular complexity index is 1250. The summed E-state index contributed by atoms with van der Waals surface area (Å²) in [4.78, 5) is 33.4. The Balaban J connectivity index is 1.24. The molecule has 1 spiro atoms. The number of ether oxygens (including phenoxy) is 2. The summed E-state index contributed by atoms with van der Waals surface area (Å²) < 4.78 is 12.9. The average Bonchev–Trinajstić information content (AvgIpc) is 3.41. The van der Waals surface area contributed by atoms with E-state index in [-0.39, 0.29) is 36.2 Å². The Hall–Kier alpha value is -2.65. The van der Waals surface area contributed by atoms with Crippen LogP contribution >= 0.6 is 0 Å². The summed E-state index contributed by atoms with van der Waals surface area (Å²) in [5.41, 5.74) is 2.72. The van der Waals surface area contributed by atoms with Crippen molar-refractivity contribution >= 4 is 11.7 Å². The maximum absolute atomic E-state index is 14.5. The molecule has 42 heavy (non-hydrogen) atoms. The number of hydrogen-bond donors (Lipinski definition) is 2. The summed E-state index contributed by atoms with van der Waals surface area (Å²) in [6.07, 6.45) is 5.28. The average molecular weight is 577 g/mol. The molecule has 2 N–H and O–H groups in total. The molecule has 4 aliphatic heterocycles. The lowest BCUT2D eigenvalue weighted by Gasteiger charge is -2.55. The fraction of sp³-hybridized carbons (Fsp3) is 0.656. The Morgan fingerprint density at radius 1 is 1.24 bits per heavy atom. The van der Waals surface area contributed by atoms with Gasteiger partial charge in [0.05, 0.1) is 44.0 Å². The molecule has 0 aromatic heterocycles. The van der Waals surface area contributed by atoms with Gasteiger partial charge in [-0.3, -0.25) is 25.1 Å². The summed E-state index contributed by atoms with van der Waals surface area (Å²) >= 11 is 0. The molecule has 7 atom stereocenters. The van der Waals surface area contributed by atoms with Crippen molar-refractivity contribution < 1.29 is 19.1 Å². The second kappa shape index (κ2) is 12.2. The van der Waals surface area contributed by atoms with E-state index in [1.54, 1.807) is 4.90 Å². The first-order valence-electron chi connectivity index (χ1n) is 15.5. The Labute approximate surface area is 249 Å². The molecule has 226 valence electrons. The van der Waals surface area contributed by atoms with Gasteiger partial charge in [-0.25, -0.2) is 0 Å². The minimum atomic E-state index is -0.842. The number of piperazine rings is 1. The monoisotopic (exact) mass is 576 g/mol. The maximum atomic E-state index is 14.5. The summed E-state index contributed by atoms with van der Waals surface area (Å²) in [6.45, 7) is 9.54. The van der Waals surface area contributed by atoms with Crippen LogP contribution in [0.15, 0.2) is 30.9 Å². The van der Waals surface area contributed by atoms with E-state index < -0.39 is 18.0 Å². The number of rotatable bonds is 6. The van der Waals surface area contributed by atoms with Crippen LogP contribution in [0.5, 0.6) is 0 Å². The van der Waals surface area contributed by atoms with Crippen molar-refractivity contribution in [2.75, 3.05) is 39.8 Å². The first kappa shape index (κ1) is 29.4. The van der Waals surface area contributed by atoms with Crippen LogP contribution in [0.25, 0.3) is 0 Å². The lowest BCUT2D eigenvalue weighted by Crippen LogP contribution is -2.75. The molecule has 6 unspecified atom stereocenters. The van der Waals surface area contributed by atoms with Gasteiger partial charge >= 0.3 is 0 Å². The lowest BCUT2D eigenvalue weighted by atomic mass is 9.68. The predicted molar refractivity (Wildman–Crippen MR) is 157 cm³/mol. The summed E-state index contributed by atoms with van der Waals surface area (Å²) in [7, 11) is 2.13. The minimum absolute atomic E-state index is 0.00373. The highest BCUT2D eigenvalue weighted by Crippen LogP contribution is 2.42.